The number of carbonyl (C=O) groups excluding carboxylic acids is 1. The third-order valence-electron chi connectivity index (χ3n) is 4.13. The zero-order valence-corrected chi connectivity index (χ0v) is 10.5. The van der Waals surface area contributed by atoms with Crippen molar-refractivity contribution in [1.82, 2.24) is 4.90 Å². The van der Waals surface area contributed by atoms with Crippen LogP contribution >= 0.6 is 0 Å². The van der Waals surface area contributed by atoms with E-state index in [1.165, 1.54) is 19.3 Å². The average molecular weight is 224 g/mol. The molecule has 0 aromatic rings. The molecule has 1 saturated carbocycles. The summed E-state index contributed by atoms with van der Waals surface area (Å²) in [6.07, 6.45) is 6.79. The van der Waals surface area contributed by atoms with Crippen molar-refractivity contribution in [3.63, 3.8) is 0 Å². The molecule has 92 valence electrons. The minimum Gasteiger partial charge on any atom is -0.338 e. The van der Waals surface area contributed by atoms with Gasteiger partial charge in [0.1, 0.15) is 0 Å². The first kappa shape index (κ1) is 11.9. The monoisotopic (exact) mass is 224 g/mol. The summed E-state index contributed by atoms with van der Waals surface area (Å²) >= 11 is 0. The molecule has 1 aliphatic carbocycles. The van der Waals surface area contributed by atoms with Gasteiger partial charge in [-0.05, 0) is 37.5 Å². The highest BCUT2D eigenvalue weighted by atomic mass is 16.2. The highest BCUT2D eigenvalue weighted by Gasteiger charge is 2.36. The van der Waals surface area contributed by atoms with Gasteiger partial charge in [0.15, 0.2) is 0 Å². The van der Waals surface area contributed by atoms with Crippen molar-refractivity contribution < 1.29 is 4.79 Å². The molecule has 1 heterocycles. The van der Waals surface area contributed by atoms with E-state index in [1.54, 1.807) is 0 Å². The number of amides is 1. The molecule has 2 fully saturated rings. The quantitative estimate of drug-likeness (QED) is 0.739. The van der Waals surface area contributed by atoms with Gasteiger partial charge in [-0.2, -0.15) is 0 Å². The van der Waals surface area contributed by atoms with Gasteiger partial charge < -0.3 is 10.6 Å². The second-order valence-electron chi connectivity index (χ2n) is 6.19. The minimum absolute atomic E-state index is 0.189. The molecule has 0 aromatic carbocycles. The van der Waals surface area contributed by atoms with Crippen LogP contribution in [0, 0.1) is 5.41 Å². The fourth-order valence-corrected chi connectivity index (χ4v) is 3.21. The van der Waals surface area contributed by atoms with Gasteiger partial charge in [-0.15, -0.1) is 0 Å². The molecule has 0 spiro atoms. The zero-order valence-electron chi connectivity index (χ0n) is 10.5. The molecule has 0 aromatic heterocycles. The minimum atomic E-state index is -0.237. The summed E-state index contributed by atoms with van der Waals surface area (Å²) in [6.45, 7) is 5.55. The van der Waals surface area contributed by atoms with Crippen molar-refractivity contribution in [1.29, 1.82) is 0 Å². The van der Waals surface area contributed by atoms with Crippen LogP contribution < -0.4 is 5.73 Å². The maximum absolute atomic E-state index is 12.0. The zero-order chi connectivity index (χ0) is 11.8. The fourth-order valence-electron chi connectivity index (χ4n) is 3.21. The molecular weight excluding hydrogens is 200 g/mol. The summed E-state index contributed by atoms with van der Waals surface area (Å²) in [5, 5.41) is 0. The number of nitrogens with zero attached hydrogens (tertiary/aromatic N) is 1. The number of piperidine rings is 1. The van der Waals surface area contributed by atoms with Gasteiger partial charge in [-0.1, -0.05) is 20.3 Å². The van der Waals surface area contributed by atoms with Gasteiger partial charge >= 0.3 is 0 Å². The van der Waals surface area contributed by atoms with E-state index in [4.69, 9.17) is 5.73 Å². The Morgan fingerprint density at radius 1 is 1.31 bits per heavy atom. The molecule has 1 saturated heterocycles. The number of hydrogen-bond donors (Lipinski definition) is 1. The third-order valence-corrected chi connectivity index (χ3v) is 4.13. The van der Waals surface area contributed by atoms with Crippen molar-refractivity contribution in [3.05, 3.63) is 0 Å². The number of rotatable bonds is 1. The molecule has 2 rings (SSSR count). The normalized spacial score (nSPS) is 35.2. The Hall–Kier alpha value is -0.570. The first-order valence-corrected chi connectivity index (χ1v) is 6.56. The van der Waals surface area contributed by atoms with E-state index < -0.39 is 0 Å². The Bertz CT molecular complexity index is 275. The summed E-state index contributed by atoms with van der Waals surface area (Å²) in [5.41, 5.74) is 6.25. The number of likely N-dealkylation sites (tertiary alicyclic amines) is 1. The Labute approximate surface area is 98.4 Å². The maximum Gasteiger partial charge on any atom is 0.239 e. The van der Waals surface area contributed by atoms with Crippen LogP contribution in [0.1, 0.15) is 52.4 Å². The van der Waals surface area contributed by atoms with Crippen molar-refractivity contribution in [2.24, 2.45) is 11.1 Å². The van der Waals surface area contributed by atoms with E-state index in [-0.39, 0.29) is 11.9 Å². The molecule has 3 heteroatoms. The van der Waals surface area contributed by atoms with Crippen molar-refractivity contribution >= 4 is 5.91 Å². The Morgan fingerprint density at radius 3 is 2.75 bits per heavy atom. The predicted octanol–water partition coefficient (Wildman–Crippen LogP) is 1.90. The molecule has 0 radical (unpaired) electrons. The fraction of sp³-hybridized carbons (Fsp3) is 0.923. The highest BCUT2D eigenvalue weighted by Crippen LogP contribution is 2.38. The molecule has 0 bridgehead atoms. The summed E-state index contributed by atoms with van der Waals surface area (Å²) in [4.78, 5) is 14.1. The topological polar surface area (TPSA) is 46.3 Å². The van der Waals surface area contributed by atoms with Crippen molar-refractivity contribution in [2.45, 2.75) is 64.5 Å². The lowest BCUT2D eigenvalue weighted by Gasteiger charge is -2.43. The number of nitrogens with two attached hydrogens (primary N) is 1. The molecule has 3 nitrogen and oxygen atoms in total. The van der Waals surface area contributed by atoms with Gasteiger partial charge in [0.25, 0.3) is 0 Å². The lowest BCUT2D eigenvalue weighted by atomic mass is 9.74. The van der Waals surface area contributed by atoms with Crippen LogP contribution in [-0.4, -0.2) is 29.4 Å². The van der Waals surface area contributed by atoms with Gasteiger partial charge in [0.2, 0.25) is 5.91 Å². The first-order chi connectivity index (χ1) is 7.49. The SMILES string of the molecule is CC1(C)CCCC(N2CCCC(N)C2=O)C1. The average Bonchev–Trinajstić information content (AvgIpc) is 2.20. The van der Waals surface area contributed by atoms with Crippen LogP contribution in [-0.2, 0) is 4.79 Å². The standard InChI is InChI=1S/C13H24N2O/c1-13(2)7-3-5-10(9-13)15-8-4-6-11(14)12(15)16/h10-11H,3-9,14H2,1-2H3. The Kier molecular flexibility index (Phi) is 3.24. The second kappa shape index (κ2) is 4.36. The van der Waals surface area contributed by atoms with Crippen LogP contribution in [0.4, 0.5) is 0 Å². The molecule has 2 unspecified atom stereocenters. The van der Waals surface area contributed by atoms with Gasteiger partial charge in [0, 0.05) is 12.6 Å². The van der Waals surface area contributed by atoms with E-state index in [1.807, 2.05) is 0 Å². The molecule has 16 heavy (non-hydrogen) atoms. The lowest BCUT2D eigenvalue weighted by Crippen LogP contribution is -2.54. The van der Waals surface area contributed by atoms with E-state index in [9.17, 15) is 4.79 Å². The summed E-state index contributed by atoms with van der Waals surface area (Å²) in [6, 6.07) is 0.210. The lowest BCUT2D eigenvalue weighted by molar-refractivity contribution is -0.139. The summed E-state index contributed by atoms with van der Waals surface area (Å²) in [5.74, 6) is 0.189. The molecule has 1 aliphatic heterocycles. The molecule has 1 amide bonds. The largest absolute Gasteiger partial charge is 0.338 e. The van der Waals surface area contributed by atoms with Crippen molar-refractivity contribution in [3.8, 4) is 0 Å². The van der Waals surface area contributed by atoms with Gasteiger partial charge in [-0.25, -0.2) is 0 Å². The molecular formula is C13H24N2O. The first-order valence-electron chi connectivity index (χ1n) is 6.56. The number of carbonyl (C=O) groups is 1. The Morgan fingerprint density at radius 2 is 2.06 bits per heavy atom. The van der Waals surface area contributed by atoms with E-state index in [0.717, 1.165) is 25.8 Å². The van der Waals surface area contributed by atoms with Gasteiger partial charge in [0.05, 0.1) is 6.04 Å². The third kappa shape index (κ3) is 2.40. The van der Waals surface area contributed by atoms with E-state index in [0.29, 0.717) is 11.5 Å². The maximum atomic E-state index is 12.0. The van der Waals surface area contributed by atoms with Crippen LogP contribution in [0.2, 0.25) is 0 Å². The van der Waals surface area contributed by atoms with Gasteiger partial charge in [-0.3, -0.25) is 4.79 Å². The molecule has 2 N–H and O–H groups in total. The summed E-state index contributed by atoms with van der Waals surface area (Å²) < 4.78 is 0. The highest BCUT2D eigenvalue weighted by molar-refractivity contribution is 5.82. The Balaban J connectivity index is 2.03. The number of hydrogen-bond acceptors (Lipinski definition) is 2. The molecule has 2 aliphatic rings. The van der Waals surface area contributed by atoms with E-state index >= 15 is 0 Å². The van der Waals surface area contributed by atoms with E-state index in [2.05, 4.69) is 18.7 Å². The molecule has 2 atom stereocenters. The van der Waals surface area contributed by atoms with Crippen LogP contribution in [0.3, 0.4) is 0 Å². The second-order valence-corrected chi connectivity index (χ2v) is 6.19. The smallest absolute Gasteiger partial charge is 0.239 e. The van der Waals surface area contributed by atoms with Crippen LogP contribution in [0.5, 0.6) is 0 Å². The van der Waals surface area contributed by atoms with Crippen LogP contribution in [0.25, 0.3) is 0 Å². The van der Waals surface area contributed by atoms with Crippen LogP contribution in [0.15, 0.2) is 0 Å². The van der Waals surface area contributed by atoms with Crippen molar-refractivity contribution in [2.75, 3.05) is 6.54 Å². The predicted molar refractivity (Wildman–Crippen MR) is 65.0 cm³/mol. The summed E-state index contributed by atoms with van der Waals surface area (Å²) in [7, 11) is 0.